The summed E-state index contributed by atoms with van der Waals surface area (Å²) in [5.41, 5.74) is 11.6. The van der Waals surface area contributed by atoms with Gasteiger partial charge in [0, 0.05) is 11.8 Å². The van der Waals surface area contributed by atoms with Gasteiger partial charge in [0.1, 0.15) is 0 Å². The van der Waals surface area contributed by atoms with Gasteiger partial charge in [0.15, 0.2) is 0 Å². The lowest BCUT2D eigenvalue weighted by atomic mass is 9.93. The Labute approximate surface area is 165 Å². The molecule has 0 aliphatic heterocycles. The van der Waals surface area contributed by atoms with E-state index in [1.54, 1.807) is 0 Å². The number of pyridine rings is 1. The molecular formula is C25H31NSi. The molecule has 2 aromatic carbocycles. The molecule has 140 valence electrons. The van der Waals surface area contributed by atoms with Crippen molar-refractivity contribution in [1.29, 1.82) is 0 Å². The molecule has 0 unspecified atom stereocenters. The summed E-state index contributed by atoms with van der Waals surface area (Å²) in [6.07, 6.45) is 2.15. The monoisotopic (exact) mass is 373 g/mol. The van der Waals surface area contributed by atoms with E-state index in [2.05, 4.69) is 96.9 Å². The van der Waals surface area contributed by atoms with Crippen LogP contribution in [0.2, 0.25) is 19.6 Å². The van der Waals surface area contributed by atoms with E-state index in [0.717, 1.165) is 5.69 Å². The molecular weight excluding hydrogens is 342 g/mol. The second kappa shape index (κ2) is 7.08. The van der Waals surface area contributed by atoms with Gasteiger partial charge in [0.25, 0.3) is 0 Å². The molecule has 1 aromatic heterocycles. The Morgan fingerprint density at radius 1 is 0.667 bits per heavy atom. The quantitative estimate of drug-likeness (QED) is 0.477. The van der Waals surface area contributed by atoms with Gasteiger partial charge in [-0.05, 0) is 80.3 Å². The summed E-state index contributed by atoms with van der Waals surface area (Å²) in [6, 6.07) is 13.6. The topological polar surface area (TPSA) is 12.9 Å². The highest BCUT2D eigenvalue weighted by atomic mass is 28.3. The van der Waals surface area contributed by atoms with Crippen molar-refractivity contribution in [2.45, 2.75) is 54.3 Å². The standard InChI is InChI=1S/C25H31NSi/c1-16-9-17(2)13-21(12-16)23-14-22(24(15-26-23)27(6,7)8)25-19(4)10-18(3)11-20(25)5/h9-15H,1-8H3. The van der Waals surface area contributed by atoms with Crippen LogP contribution in [0, 0.1) is 34.6 Å². The summed E-state index contributed by atoms with van der Waals surface area (Å²) >= 11 is 0. The Morgan fingerprint density at radius 2 is 1.19 bits per heavy atom. The highest BCUT2D eigenvalue weighted by molar-refractivity contribution is 6.89. The zero-order valence-corrected chi connectivity index (χ0v) is 19.0. The van der Waals surface area contributed by atoms with Gasteiger partial charge in [-0.25, -0.2) is 0 Å². The summed E-state index contributed by atoms with van der Waals surface area (Å²) < 4.78 is 0. The van der Waals surface area contributed by atoms with Gasteiger partial charge in [0.2, 0.25) is 0 Å². The van der Waals surface area contributed by atoms with Crippen LogP contribution in [-0.4, -0.2) is 13.1 Å². The molecule has 0 bridgehead atoms. The summed E-state index contributed by atoms with van der Waals surface area (Å²) in [6.45, 7) is 18.2. The zero-order valence-electron chi connectivity index (χ0n) is 18.0. The maximum Gasteiger partial charge on any atom is 0.0804 e. The normalized spacial score (nSPS) is 11.7. The highest BCUT2D eigenvalue weighted by Crippen LogP contribution is 2.31. The van der Waals surface area contributed by atoms with Gasteiger partial charge in [0.05, 0.1) is 13.8 Å². The zero-order chi connectivity index (χ0) is 19.9. The van der Waals surface area contributed by atoms with Crippen molar-refractivity contribution in [2.24, 2.45) is 0 Å². The number of rotatable bonds is 3. The van der Waals surface area contributed by atoms with E-state index in [1.807, 2.05) is 0 Å². The first kappa shape index (κ1) is 19.6. The molecule has 27 heavy (non-hydrogen) atoms. The third kappa shape index (κ3) is 4.06. The Bertz CT molecular complexity index is 966. The lowest BCUT2D eigenvalue weighted by Crippen LogP contribution is -2.39. The van der Waals surface area contributed by atoms with Crippen LogP contribution >= 0.6 is 0 Å². The molecule has 0 radical (unpaired) electrons. The van der Waals surface area contributed by atoms with Crippen molar-refractivity contribution in [3.63, 3.8) is 0 Å². The predicted octanol–water partition coefficient (Wildman–Crippen LogP) is 6.50. The maximum atomic E-state index is 4.90. The molecule has 0 saturated heterocycles. The molecule has 0 aliphatic rings. The molecule has 0 amide bonds. The number of aryl methyl sites for hydroxylation is 5. The summed E-state index contributed by atoms with van der Waals surface area (Å²) in [7, 11) is -1.53. The van der Waals surface area contributed by atoms with E-state index in [0.29, 0.717) is 0 Å². The van der Waals surface area contributed by atoms with Crippen LogP contribution in [0.3, 0.4) is 0 Å². The number of benzene rings is 2. The van der Waals surface area contributed by atoms with E-state index in [-0.39, 0.29) is 0 Å². The van der Waals surface area contributed by atoms with Crippen LogP contribution in [-0.2, 0) is 0 Å². The van der Waals surface area contributed by atoms with E-state index in [4.69, 9.17) is 4.98 Å². The van der Waals surface area contributed by atoms with E-state index >= 15 is 0 Å². The Balaban J connectivity index is 2.31. The Hall–Kier alpha value is -2.19. The summed E-state index contributed by atoms with van der Waals surface area (Å²) in [4.78, 5) is 4.90. The number of aromatic nitrogens is 1. The largest absolute Gasteiger partial charge is 0.256 e. The molecule has 0 saturated carbocycles. The molecule has 0 fully saturated rings. The van der Waals surface area contributed by atoms with Crippen molar-refractivity contribution in [3.05, 3.63) is 70.4 Å². The lowest BCUT2D eigenvalue weighted by molar-refractivity contribution is 1.29. The molecule has 1 heterocycles. The van der Waals surface area contributed by atoms with Gasteiger partial charge in [-0.3, -0.25) is 4.98 Å². The molecule has 2 heteroatoms. The van der Waals surface area contributed by atoms with Crippen LogP contribution in [0.4, 0.5) is 0 Å². The van der Waals surface area contributed by atoms with Crippen molar-refractivity contribution >= 4 is 13.3 Å². The van der Waals surface area contributed by atoms with Crippen molar-refractivity contribution < 1.29 is 0 Å². The fraction of sp³-hybridized carbons (Fsp3) is 0.320. The molecule has 3 aromatic rings. The Morgan fingerprint density at radius 3 is 1.70 bits per heavy atom. The minimum absolute atomic E-state index is 1.07. The van der Waals surface area contributed by atoms with Crippen LogP contribution in [0.15, 0.2) is 42.6 Å². The third-order valence-electron chi connectivity index (χ3n) is 5.18. The van der Waals surface area contributed by atoms with Gasteiger partial charge < -0.3 is 0 Å². The maximum absolute atomic E-state index is 4.90. The van der Waals surface area contributed by atoms with Gasteiger partial charge >= 0.3 is 0 Å². The second-order valence-electron chi connectivity index (χ2n) is 9.02. The molecule has 3 rings (SSSR count). The summed E-state index contributed by atoms with van der Waals surface area (Å²) in [5.74, 6) is 0. The van der Waals surface area contributed by atoms with Crippen molar-refractivity contribution in [2.75, 3.05) is 0 Å². The predicted molar refractivity (Wildman–Crippen MR) is 122 cm³/mol. The number of nitrogens with zero attached hydrogens (tertiary/aromatic N) is 1. The number of hydrogen-bond donors (Lipinski definition) is 0. The van der Waals surface area contributed by atoms with Crippen LogP contribution in [0.5, 0.6) is 0 Å². The van der Waals surface area contributed by atoms with Gasteiger partial charge in [-0.2, -0.15) is 0 Å². The van der Waals surface area contributed by atoms with Crippen LogP contribution in [0.1, 0.15) is 27.8 Å². The molecule has 0 atom stereocenters. The average Bonchev–Trinajstić information content (AvgIpc) is 2.51. The molecule has 0 aliphatic carbocycles. The smallest absolute Gasteiger partial charge is 0.0804 e. The van der Waals surface area contributed by atoms with Crippen LogP contribution < -0.4 is 5.19 Å². The van der Waals surface area contributed by atoms with Crippen LogP contribution in [0.25, 0.3) is 22.4 Å². The highest BCUT2D eigenvalue weighted by Gasteiger charge is 2.24. The van der Waals surface area contributed by atoms with E-state index in [9.17, 15) is 0 Å². The lowest BCUT2D eigenvalue weighted by Gasteiger charge is -2.24. The SMILES string of the molecule is Cc1cc(C)cc(-c2cc(-c3c(C)cc(C)cc3C)c([Si](C)(C)C)cn2)c1. The fourth-order valence-electron chi connectivity index (χ4n) is 4.15. The first-order chi connectivity index (χ1) is 12.6. The van der Waals surface area contributed by atoms with E-state index < -0.39 is 8.07 Å². The fourth-order valence-corrected chi connectivity index (χ4v) is 5.60. The van der Waals surface area contributed by atoms with Gasteiger partial charge in [-0.15, -0.1) is 0 Å². The Kier molecular flexibility index (Phi) is 5.13. The molecule has 1 nitrogen and oxygen atoms in total. The molecule has 0 spiro atoms. The van der Waals surface area contributed by atoms with Crippen molar-refractivity contribution in [1.82, 2.24) is 4.98 Å². The number of hydrogen-bond acceptors (Lipinski definition) is 1. The van der Waals surface area contributed by atoms with E-state index in [1.165, 1.54) is 49.7 Å². The second-order valence-corrected chi connectivity index (χ2v) is 14.1. The molecule has 0 N–H and O–H groups in total. The first-order valence-electron chi connectivity index (χ1n) is 9.73. The van der Waals surface area contributed by atoms with Gasteiger partial charge in [-0.1, -0.05) is 54.5 Å². The first-order valence-corrected chi connectivity index (χ1v) is 13.2. The minimum Gasteiger partial charge on any atom is -0.256 e. The van der Waals surface area contributed by atoms with Crippen molar-refractivity contribution in [3.8, 4) is 22.4 Å². The third-order valence-corrected chi connectivity index (χ3v) is 7.19. The minimum atomic E-state index is -1.53. The average molecular weight is 374 g/mol. The summed E-state index contributed by atoms with van der Waals surface area (Å²) in [5, 5.41) is 1.44.